The molecule has 1 saturated carbocycles. The molecule has 3 amide bonds. The molecule has 1 aromatic rings. The van der Waals surface area contributed by atoms with Gasteiger partial charge in [0, 0.05) is 16.6 Å². The van der Waals surface area contributed by atoms with Crippen LogP contribution in [0.5, 0.6) is 0 Å². The second kappa shape index (κ2) is 8.15. The molecule has 1 fully saturated rings. The van der Waals surface area contributed by atoms with Crippen LogP contribution >= 0.6 is 11.6 Å². The lowest BCUT2D eigenvalue weighted by Gasteiger charge is -2.14. The van der Waals surface area contributed by atoms with Crippen LogP contribution in [0.3, 0.4) is 0 Å². The Bertz CT molecular complexity index is 530. The van der Waals surface area contributed by atoms with E-state index < -0.39 is 6.03 Å². The lowest BCUT2D eigenvalue weighted by molar-refractivity contribution is -0.682. The number of nitrogens with one attached hydrogen (secondary N) is 2. The van der Waals surface area contributed by atoms with Crippen LogP contribution < -0.4 is 16.0 Å². The van der Waals surface area contributed by atoms with Gasteiger partial charge in [0.15, 0.2) is 6.54 Å². The average Bonchev–Trinajstić information content (AvgIpc) is 2.98. The van der Waals surface area contributed by atoms with Crippen molar-refractivity contribution >= 4 is 23.5 Å². The number of halogens is 1. The highest BCUT2D eigenvalue weighted by molar-refractivity contribution is 6.31. The second-order valence-electron chi connectivity index (χ2n) is 5.75. The molecule has 0 radical (unpaired) electrons. The molecule has 4 N–H and O–H groups in total. The van der Waals surface area contributed by atoms with Gasteiger partial charge >= 0.3 is 6.03 Å². The van der Waals surface area contributed by atoms with Crippen LogP contribution in [0.15, 0.2) is 24.3 Å². The van der Waals surface area contributed by atoms with Gasteiger partial charge in [0.2, 0.25) is 0 Å². The molecule has 0 aromatic heterocycles. The Morgan fingerprint density at radius 2 is 2.00 bits per heavy atom. The number of amides is 3. The number of hydrogen-bond donors (Lipinski definition) is 3. The predicted molar refractivity (Wildman–Crippen MR) is 85.6 cm³/mol. The predicted octanol–water partition coefficient (Wildman–Crippen LogP) is 1.73. The fraction of sp³-hybridized carbons (Fsp3) is 0.500. The van der Waals surface area contributed by atoms with Gasteiger partial charge in [0.25, 0.3) is 5.91 Å². The zero-order valence-electron chi connectivity index (χ0n) is 12.8. The summed E-state index contributed by atoms with van der Waals surface area (Å²) in [5.74, 6) is -0.297. The molecule has 120 valence electrons. The van der Waals surface area contributed by atoms with Crippen LogP contribution in [0.4, 0.5) is 4.79 Å². The molecule has 5 nitrogen and oxygen atoms in total. The van der Waals surface area contributed by atoms with Crippen molar-refractivity contribution in [2.75, 3.05) is 6.54 Å². The smallest absolute Gasteiger partial charge is 0.321 e. The summed E-state index contributed by atoms with van der Waals surface area (Å²) in [5, 5.41) is 7.75. The maximum Gasteiger partial charge on any atom is 0.321 e. The zero-order chi connectivity index (χ0) is 15.9. The summed E-state index contributed by atoms with van der Waals surface area (Å²) in [6, 6.07) is 7.43. The number of carbonyl (C=O) groups is 2. The van der Waals surface area contributed by atoms with Gasteiger partial charge < -0.3 is 10.6 Å². The van der Waals surface area contributed by atoms with Gasteiger partial charge in [-0.2, -0.15) is 0 Å². The average molecular weight is 325 g/mol. The summed E-state index contributed by atoms with van der Waals surface area (Å²) in [4.78, 5) is 23.5. The minimum absolute atomic E-state index is 0.0531. The lowest BCUT2D eigenvalue weighted by atomic mass is 10.1. The van der Waals surface area contributed by atoms with Crippen molar-refractivity contribution in [1.82, 2.24) is 10.6 Å². The van der Waals surface area contributed by atoms with Crippen LogP contribution in [0.2, 0.25) is 5.02 Å². The highest BCUT2D eigenvalue weighted by Gasteiger charge is 2.19. The number of quaternary nitrogens is 1. The van der Waals surface area contributed by atoms with E-state index in [4.69, 9.17) is 11.6 Å². The van der Waals surface area contributed by atoms with Crippen LogP contribution in [0.1, 0.15) is 44.2 Å². The van der Waals surface area contributed by atoms with Crippen molar-refractivity contribution in [3.05, 3.63) is 34.9 Å². The number of rotatable bonds is 5. The number of imide groups is 1. The third-order valence-corrected chi connectivity index (χ3v) is 4.34. The second-order valence-corrected chi connectivity index (χ2v) is 6.16. The van der Waals surface area contributed by atoms with E-state index in [1.54, 1.807) is 0 Å². The monoisotopic (exact) mass is 324 g/mol. The molecule has 0 saturated heterocycles. The molecule has 1 aliphatic carbocycles. The standard InChI is InChI=1S/C16H22ClN3O2/c1-11(13-8-4-5-9-14(13)17)18-10-15(21)20-16(22)19-12-6-2-3-7-12/h4-5,8-9,11-12,18H,2-3,6-7,10H2,1H3,(H2,19,20,21,22)/p+1/t11-/m1/s1. The van der Waals surface area contributed by atoms with Crippen LogP contribution in [-0.4, -0.2) is 24.5 Å². The Morgan fingerprint density at radius 3 is 2.68 bits per heavy atom. The van der Waals surface area contributed by atoms with E-state index in [-0.39, 0.29) is 24.5 Å². The van der Waals surface area contributed by atoms with E-state index in [1.807, 2.05) is 36.5 Å². The zero-order valence-corrected chi connectivity index (χ0v) is 13.5. The molecule has 0 unspecified atom stereocenters. The van der Waals surface area contributed by atoms with E-state index in [9.17, 15) is 9.59 Å². The van der Waals surface area contributed by atoms with Gasteiger partial charge in [-0.05, 0) is 25.8 Å². The summed E-state index contributed by atoms with van der Waals surface area (Å²) in [6.45, 7) is 2.16. The maximum atomic E-state index is 11.8. The molecule has 2 rings (SSSR count). The van der Waals surface area contributed by atoms with Crippen LogP contribution in [-0.2, 0) is 4.79 Å². The van der Waals surface area contributed by atoms with Crippen molar-refractivity contribution < 1.29 is 14.9 Å². The Kier molecular flexibility index (Phi) is 6.21. The molecule has 22 heavy (non-hydrogen) atoms. The Hall–Kier alpha value is -1.59. The first-order valence-corrected chi connectivity index (χ1v) is 8.12. The van der Waals surface area contributed by atoms with Crippen LogP contribution in [0.25, 0.3) is 0 Å². The maximum absolute atomic E-state index is 11.8. The first-order valence-electron chi connectivity index (χ1n) is 7.74. The molecular weight excluding hydrogens is 302 g/mol. The minimum Gasteiger partial charge on any atom is -0.335 e. The Balaban J connectivity index is 1.73. The summed E-state index contributed by atoms with van der Waals surface area (Å²) < 4.78 is 0. The van der Waals surface area contributed by atoms with Crippen molar-refractivity contribution in [3.63, 3.8) is 0 Å². The molecule has 1 atom stereocenters. The third-order valence-electron chi connectivity index (χ3n) is 4.00. The first-order chi connectivity index (χ1) is 10.6. The van der Waals surface area contributed by atoms with Gasteiger partial charge in [-0.25, -0.2) is 4.79 Å². The molecule has 0 bridgehead atoms. The molecule has 1 aliphatic rings. The molecule has 1 aromatic carbocycles. The van der Waals surface area contributed by atoms with E-state index in [1.165, 1.54) is 0 Å². The van der Waals surface area contributed by atoms with E-state index in [2.05, 4.69) is 10.6 Å². The number of hydrogen-bond acceptors (Lipinski definition) is 2. The minimum atomic E-state index is -0.393. The number of nitrogens with two attached hydrogens (primary N) is 1. The van der Waals surface area contributed by atoms with Crippen molar-refractivity contribution in [3.8, 4) is 0 Å². The molecule has 0 heterocycles. The number of urea groups is 1. The summed E-state index contributed by atoms with van der Waals surface area (Å²) in [5.41, 5.74) is 0.979. The Labute approximate surface area is 135 Å². The van der Waals surface area contributed by atoms with Crippen molar-refractivity contribution in [2.45, 2.75) is 44.7 Å². The van der Waals surface area contributed by atoms with E-state index >= 15 is 0 Å². The number of carbonyl (C=O) groups excluding carboxylic acids is 2. The molecule has 6 heteroatoms. The van der Waals surface area contributed by atoms with Gasteiger partial charge in [0.1, 0.15) is 6.04 Å². The van der Waals surface area contributed by atoms with E-state index in [0.29, 0.717) is 5.02 Å². The summed E-state index contributed by atoms with van der Waals surface area (Å²) >= 11 is 6.13. The van der Waals surface area contributed by atoms with Gasteiger partial charge in [-0.15, -0.1) is 0 Å². The highest BCUT2D eigenvalue weighted by atomic mass is 35.5. The molecular formula is C16H23ClN3O2+. The topological polar surface area (TPSA) is 74.8 Å². The fourth-order valence-electron chi connectivity index (χ4n) is 2.72. The van der Waals surface area contributed by atoms with Crippen molar-refractivity contribution in [1.29, 1.82) is 0 Å². The van der Waals surface area contributed by atoms with Gasteiger partial charge in [-0.3, -0.25) is 10.1 Å². The first kappa shape index (κ1) is 16.8. The highest BCUT2D eigenvalue weighted by Crippen LogP contribution is 2.19. The molecule has 0 aliphatic heterocycles. The quantitative estimate of drug-likeness (QED) is 0.771. The largest absolute Gasteiger partial charge is 0.335 e. The third kappa shape index (κ3) is 5.00. The van der Waals surface area contributed by atoms with Gasteiger partial charge in [0.05, 0.1) is 0 Å². The van der Waals surface area contributed by atoms with E-state index in [0.717, 1.165) is 31.2 Å². The van der Waals surface area contributed by atoms with Crippen molar-refractivity contribution in [2.24, 2.45) is 0 Å². The van der Waals surface area contributed by atoms with Crippen LogP contribution in [0, 0.1) is 0 Å². The SMILES string of the molecule is C[C@@H]([NH2+]CC(=O)NC(=O)NC1CCCC1)c1ccccc1Cl. The Morgan fingerprint density at radius 1 is 1.32 bits per heavy atom. The molecule has 0 spiro atoms. The number of benzene rings is 1. The normalized spacial score (nSPS) is 16.3. The lowest BCUT2D eigenvalue weighted by Crippen LogP contribution is -2.87. The summed E-state index contributed by atoms with van der Waals surface area (Å²) in [6.07, 6.45) is 4.28. The van der Waals surface area contributed by atoms with Gasteiger partial charge in [-0.1, -0.05) is 42.6 Å². The fourth-order valence-corrected chi connectivity index (χ4v) is 3.03. The summed E-state index contributed by atoms with van der Waals surface area (Å²) in [7, 11) is 0.